The van der Waals surface area contributed by atoms with Crippen LogP contribution in [0.3, 0.4) is 0 Å². The number of benzene rings is 1. The van der Waals surface area contributed by atoms with Crippen molar-refractivity contribution in [2.45, 2.75) is 45.1 Å². The van der Waals surface area contributed by atoms with Crippen LogP contribution in [-0.4, -0.2) is 27.0 Å². The number of amides is 1. The third kappa shape index (κ3) is 3.45. The molecule has 1 N–H and O–H groups in total. The smallest absolute Gasteiger partial charge is 0.270 e. The first-order valence-electron chi connectivity index (χ1n) is 9.35. The molecule has 8 heteroatoms. The molecule has 0 spiro atoms. The molecule has 4 rings (SSSR count). The summed E-state index contributed by atoms with van der Waals surface area (Å²) in [5.74, 6) is -0.197. The summed E-state index contributed by atoms with van der Waals surface area (Å²) < 4.78 is 5.29. The summed E-state index contributed by atoms with van der Waals surface area (Å²) in [4.78, 5) is 28.1. The minimum absolute atomic E-state index is 0.0404. The SMILES string of the molecule is Cc1noc2nc(-c3cccc([N+](=O)[O-])c3)cc(C(=O)NC3CCCCC3)c12. The van der Waals surface area contributed by atoms with E-state index in [1.807, 2.05) is 0 Å². The fourth-order valence-corrected chi connectivity index (χ4v) is 3.71. The van der Waals surface area contributed by atoms with Crippen LogP contribution >= 0.6 is 0 Å². The van der Waals surface area contributed by atoms with E-state index in [1.165, 1.54) is 18.6 Å². The predicted octanol–water partition coefficient (Wildman–Crippen LogP) is 4.17. The largest absolute Gasteiger partial charge is 0.349 e. The van der Waals surface area contributed by atoms with Crippen LogP contribution in [0.1, 0.15) is 48.2 Å². The highest BCUT2D eigenvalue weighted by Crippen LogP contribution is 2.29. The normalized spacial score (nSPS) is 14.9. The first kappa shape index (κ1) is 18.1. The fraction of sp³-hybridized carbons (Fsp3) is 0.350. The van der Waals surface area contributed by atoms with E-state index in [0.29, 0.717) is 27.9 Å². The van der Waals surface area contributed by atoms with Crippen molar-refractivity contribution in [1.29, 1.82) is 0 Å². The minimum Gasteiger partial charge on any atom is -0.349 e. The molecule has 144 valence electrons. The molecule has 0 saturated heterocycles. The van der Waals surface area contributed by atoms with Gasteiger partial charge in [-0.2, -0.15) is 0 Å². The maximum Gasteiger partial charge on any atom is 0.270 e. The van der Waals surface area contributed by atoms with Gasteiger partial charge in [-0.25, -0.2) is 4.98 Å². The molecular formula is C20H20N4O4. The van der Waals surface area contributed by atoms with Crippen LogP contribution in [0.4, 0.5) is 5.69 Å². The third-order valence-electron chi connectivity index (χ3n) is 5.15. The van der Waals surface area contributed by atoms with E-state index in [-0.39, 0.29) is 23.3 Å². The average Bonchev–Trinajstić information content (AvgIpc) is 3.09. The number of nitrogens with one attached hydrogen (secondary N) is 1. The monoisotopic (exact) mass is 380 g/mol. The van der Waals surface area contributed by atoms with Crippen molar-refractivity contribution in [3.05, 3.63) is 51.7 Å². The highest BCUT2D eigenvalue weighted by molar-refractivity contribution is 6.07. The highest BCUT2D eigenvalue weighted by atomic mass is 16.6. The molecule has 0 bridgehead atoms. The molecule has 0 atom stereocenters. The number of pyridine rings is 1. The van der Waals surface area contributed by atoms with Crippen molar-refractivity contribution >= 4 is 22.7 Å². The molecule has 28 heavy (non-hydrogen) atoms. The molecule has 0 radical (unpaired) electrons. The van der Waals surface area contributed by atoms with Gasteiger partial charge in [-0.3, -0.25) is 14.9 Å². The zero-order valence-electron chi connectivity index (χ0n) is 15.5. The van der Waals surface area contributed by atoms with Crippen LogP contribution in [0, 0.1) is 17.0 Å². The predicted molar refractivity (Wildman–Crippen MR) is 103 cm³/mol. The van der Waals surface area contributed by atoms with Crippen molar-refractivity contribution in [3.63, 3.8) is 0 Å². The van der Waals surface area contributed by atoms with Crippen LogP contribution in [0.2, 0.25) is 0 Å². The average molecular weight is 380 g/mol. The van der Waals surface area contributed by atoms with Gasteiger partial charge >= 0.3 is 0 Å². The Labute approximate surface area is 161 Å². The molecule has 2 heterocycles. The lowest BCUT2D eigenvalue weighted by molar-refractivity contribution is -0.384. The van der Waals surface area contributed by atoms with Gasteiger partial charge in [-0.05, 0) is 25.8 Å². The van der Waals surface area contributed by atoms with E-state index in [4.69, 9.17) is 4.52 Å². The fourth-order valence-electron chi connectivity index (χ4n) is 3.71. The van der Waals surface area contributed by atoms with E-state index in [2.05, 4.69) is 15.5 Å². The van der Waals surface area contributed by atoms with Gasteiger partial charge < -0.3 is 9.84 Å². The van der Waals surface area contributed by atoms with Gasteiger partial charge in [0.2, 0.25) is 0 Å². The second kappa shape index (κ2) is 7.38. The van der Waals surface area contributed by atoms with E-state index >= 15 is 0 Å². The first-order chi connectivity index (χ1) is 13.5. The lowest BCUT2D eigenvalue weighted by atomic mass is 9.95. The Bertz CT molecular complexity index is 1050. The van der Waals surface area contributed by atoms with Crippen LogP contribution in [0.25, 0.3) is 22.4 Å². The second-order valence-corrected chi connectivity index (χ2v) is 7.12. The Balaban J connectivity index is 1.76. The summed E-state index contributed by atoms with van der Waals surface area (Å²) in [5.41, 5.74) is 2.19. The number of fused-ring (bicyclic) bond motifs is 1. The molecule has 1 fully saturated rings. The summed E-state index contributed by atoms with van der Waals surface area (Å²) in [6, 6.07) is 7.97. The van der Waals surface area contributed by atoms with E-state index in [1.54, 1.807) is 25.1 Å². The number of hydrogen-bond donors (Lipinski definition) is 1. The number of nitrogens with zero attached hydrogens (tertiary/aromatic N) is 3. The first-order valence-corrected chi connectivity index (χ1v) is 9.35. The van der Waals surface area contributed by atoms with Crippen molar-refractivity contribution in [2.75, 3.05) is 0 Å². The molecule has 2 aromatic heterocycles. The van der Waals surface area contributed by atoms with Gasteiger partial charge in [-0.15, -0.1) is 0 Å². The van der Waals surface area contributed by atoms with Crippen LogP contribution < -0.4 is 5.32 Å². The Morgan fingerprint density at radius 1 is 1.25 bits per heavy atom. The molecule has 0 aliphatic heterocycles. The van der Waals surface area contributed by atoms with Crippen LogP contribution in [0.15, 0.2) is 34.9 Å². The second-order valence-electron chi connectivity index (χ2n) is 7.12. The lowest BCUT2D eigenvalue weighted by Crippen LogP contribution is -2.36. The number of aryl methyl sites for hydroxylation is 1. The summed E-state index contributed by atoms with van der Waals surface area (Å²) in [6.45, 7) is 1.76. The van der Waals surface area contributed by atoms with E-state index < -0.39 is 4.92 Å². The van der Waals surface area contributed by atoms with Gasteiger partial charge in [-0.1, -0.05) is 36.6 Å². The molecule has 1 aromatic carbocycles. The van der Waals surface area contributed by atoms with Crippen LogP contribution in [0.5, 0.6) is 0 Å². The standard InChI is InChI=1S/C20H20N4O4/c1-12-18-16(19(25)21-14-7-3-2-4-8-14)11-17(22-20(18)28-23-12)13-6-5-9-15(10-13)24(26)27/h5-6,9-11,14H,2-4,7-8H2,1H3,(H,21,25). The third-order valence-corrected chi connectivity index (χ3v) is 5.15. The van der Waals surface area contributed by atoms with Crippen molar-refractivity contribution in [3.8, 4) is 11.3 Å². The van der Waals surface area contributed by atoms with Crippen LogP contribution in [-0.2, 0) is 0 Å². The summed E-state index contributed by atoms with van der Waals surface area (Å²) in [6.07, 6.45) is 5.37. The van der Waals surface area contributed by atoms with E-state index in [9.17, 15) is 14.9 Å². The van der Waals surface area contributed by atoms with E-state index in [0.717, 1.165) is 25.7 Å². The number of rotatable bonds is 4. The van der Waals surface area contributed by atoms with Crippen molar-refractivity contribution in [2.24, 2.45) is 0 Å². The minimum atomic E-state index is -0.461. The maximum atomic E-state index is 13.0. The maximum absolute atomic E-state index is 13.0. The number of aromatic nitrogens is 2. The number of non-ortho nitro benzene ring substituents is 1. The number of nitro benzene ring substituents is 1. The van der Waals surface area contributed by atoms with Gasteiger partial charge in [0, 0.05) is 23.7 Å². The number of nitro groups is 1. The van der Waals surface area contributed by atoms with Gasteiger partial charge in [0.25, 0.3) is 17.3 Å². The highest BCUT2D eigenvalue weighted by Gasteiger charge is 2.23. The number of carbonyl (C=O) groups excluding carboxylic acids is 1. The Morgan fingerprint density at radius 2 is 2.04 bits per heavy atom. The molecule has 1 aliphatic carbocycles. The summed E-state index contributed by atoms with van der Waals surface area (Å²) in [7, 11) is 0. The number of carbonyl (C=O) groups is 1. The molecule has 3 aromatic rings. The molecule has 1 aliphatic rings. The molecule has 1 amide bonds. The van der Waals surface area contributed by atoms with Gasteiger partial charge in [0.1, 0.15) is 0 Å². The molecular weight excluding hydrogens is 360 g/mol. The Kier molecular flexibility index (Phi) is 4.77. The quantitative estimate of drug-likeness (QED) is 0.537. The Morgan fingerprint density at radius 3 is 2.79 bits per heavy atom. The summed E-state index contributed by atoms with van der Waals surface area (Å²) >= 11 is 0. The number of hydrogen-bond acceptors (Lipinski definition) is 6. The molecule has 0 unspecified atom stereocenters. The summed E-state index contributed by atoms with van der Waals surface area (Å²) in [5, 5.41) is 18.7. The Hall–Kier alpha value is -3.29. The topological polar surface area (TPSA) is 111 Å². The molecule has 1 saturated carbocycles. The van der Waals surface area contributed by atoms with Gasteiger partial charge in [0.15, 0.2) is 0 Å². The van der Waals surface area contributed by atoms with Gasteiger partial charge in [0.05, 0.1) is 27.3 Å². The zero-order valence-corrected chi connectivity index (χ0v) is 15.5. The zero-order chi connectivity index (χ0) is 19.7. The molecule has 8 nitrogen and oxygen atoms in total. The van der Waals surface area contributed by atoms with Crippen molar-refractivity contribution in [1.82, 2.24) is 15.5 Å². The van der Waals surface area contributed by atoms with Crippen molar-refractivity contribution < 1.29 is 14.2 Å². The lowest BCUT2D eigenvalue weighted by Gasteiger charge is -2.23.